The average Bonchev–Trinajstić information content (AvgIpc) is 2.48. The highest BCUT2D eigenvalue weighted by atomic mass is 32.1. The van der Waals surface area contributed by atoms with E-state index in [1.165, 1.54) is 10.8 Å². The minimum absolute atomic E-state index is 0.162. The number of nitrogens with two attached hydrogens (primary N) is 1. The lowest BCUT2D eigenvalue weighted by molar-refractivity contribution is -0.290. The fraction of sp³-hybridized carbons (Fsp3) is 0.500. The summed E-state index contributed by atoms with van der Waals surface area (Å²) in [6, 6.07) is -0.967. The van der Waals surface area contributed by atoms with E-state index in [0.29, 0.717) is 0 Å². The predicted molar refractivity (Wildman–Crippen MR) is 46.8 cm³/mol. The first-order chi connectivity index (χ1) is 7.14. The molecule has 1 nitrogen and oxygen atoms in total. The average molecular weight is 263 g/mol. The van der Waals surface area contributed by atoms with Crippen LogP contribution in [0.2, 0.25) is 0 Å². The van der Waals surface area contributed by atoms with Gasteiger partial charge >= 0.3 is 12.4 Å². The quantitative estimate of drug-likeness (QED) is 0.812. The first kappa shape index (κ1) is 13.3. The summed E-state index contributed by atoms with van der Waals surface area (Å²) in [5.41, 5.74) is 4.86. The summed E-state index contributed by atoms with van der Waals surface area (Å²) in [5, 5.41) is 2.55. The molecule has 1 aromatic heterocycles. The van der Waals surface area contributed by atoms with Crippen molar-refractivity contribution in [2.24, 2.45) is 11.7 Å². The highest BCUT2D eigenvalue weighted by molar-refractivity contribution is 7.07. The van der Waals surface area contributed by atoms with Gasteiger partial charge in [-0.15, -0.1) is 0 Å². The van der Waals surface area contributed by atoms with Crippen LogP contribution in [0.4, 0.5) is 26.3 Å². The van der Waals surface area contributed by atoms with Gasteiger partial charge in [-0.05, 0) is 22.4 Å². The van der Waals surface area contributed by atoms with E-state index in [1.54, 1.807) is 0 Å². The van der Waals surface area contributed by atoms with Crippen molar-refractivity contribution in [3.63, 3.8) is 0 Å². The lowest BCUT2D eigenvalue weighted by Gasteiger charge is -2.27. The number of rotatable bonds is 2. The summed E-state index contributed by atoms with van der Waals surface area (Å²) in [4.78, 5) is 0. The van der Waals surface area contributed by atoms with Gasteiger partial charge in [-0.25, -0.2) is 0 Å². The van der Waals surface area contributed by atoms with Gasteiger partial charge in [0.25, 0.3) is 0 Å². The van der Waals surface area contributed by atoms with Crippen LogP contribution in [0.5, 0.6) is 0 Å². The summed E-state index contributed by atoms with van der Waals surface area (Å²) < 4.78 is 73.6. The van der Waals surface area contributed by atoms with Crippen LogP contribution in [-0.4, -0.2) is 12.4 Å². The third-order valence-electron chi connectivity index (χ3n) is 1.99. The zero-order valence-electron chi connectivity index (χ0n) is 7.64. The van der Waals surface area contributed by atoms with Crippen molar-refractivity contribution < 1.29 is 26.3 Å². The Labute approximate surface area is 90.9 Å². The number of alkyl halides is 6. The van der Waals surface area contributed by atoms with Crippen molar-refractivity contribution in [2.75, 3.05) is 0 Å². The van der Waals surface area contributed by atoms with Gasteiger partial charge in [0.05, 0.1) is 6.04 Å². The van der Waals surface area contributed by atoms with E-state index in [1.807, 2.05) is 0 Å². The lowest BCUT2D eigenvalue weighted by Crippen LogP contribution is -2.43. The highest BCUT2D eigenvalue weighted by Crippen LogP contribution is 2.45. The molecule has 0 saturated heterocycles. The Morgan fingerprint density at radius 3 is 1.88 bits per heavy atom. The second-order valence-corrected chi connectivity index (χ2v) is 3.92. The molecule has 0 aliphatic carbocycles. The molecule has 0 aliphatic rings. The second-order valence-electron chi connectivity index (χ2n) is 3.14. The second kappa shape index (κ2) is 4.25. The molecule has 0 radical (unpaired) electrons. The van der Waals surface area contributed by atoms with Crippen LogP contribution in [0.3, 0.4) is 0 Å². The number of thiophene rings is 1. The molecule has 2 N–H and O–H groups in total. The number of hydrogen-bond donors (Lipinski definition) is 1. The van der Waals surface area contributed by atoms with Gasteiger partial charge in [-0.3, -0.25) is 0 Å². The molecule has 0 saturated carbocycles. The molecule has 0 aromatic carbocycles. The third kappa shape index (κ3) is 2.88. The van der Waals surface area contributed by atoms with Crippen LogP contribution >= 0.6 is 11.3 Å². The Hall–Kier alpha value is -0.760. The van der Waals surface area contributed by atoms with E-state index < -0.39 is 24.3 Å². The Morgan fingerprint density at radius 2 is 1.56 bits per heavy atom. The highest BCUT2D eigenvalue weighted by Gasteiger charge is 2.59. The summed E-state index contributed by atoms with van der Waals surface area (Å²) in [6.45, 7) is 0. The van der Waals surface area contributed by atoms with Gasteiger partial charge in [0, 0.05) is 0 Å². The molecule has 0 spiro atoms. The van der Waals surface area contributed by atoms with Crippen molar-refractivity contribution in [1.29, 1.82) is 0 Å². The maximum Gasteiger partial charge on any atom is 0.402 e. The van der Waals surface area contributed by atoms with Crippen LogP contribution in [0.25, 0.3) is 0 Å². The topological polar surface area (TPSA) is 26.0 Å². The van der Waals surface area contributed by atoms with E-state index in [2.05, 4.69) is 0 Å². The van der Waals surface area contributed by atoms with E-state index >= 15 is 0 Å². The van der Waals surface area contributed by atoms with Gasteiger partial charge in [-0.2, -0.15) is 37.7 Å². The number of halogens is 6. The third-order valence-corrected chi connectivity index (χ3v) is 2.69. The Balaban J connectivity index is 3.04. The minimum Gasteiger partial charge on any atom is -0.323 e. The largest absolute Gasteiger partial charge is 0.402 e. The van der Waals surface area contributed by atoms with Crippen molar-refractivity contribution in [2.45, 2.75) is 18.4 Å². The van der Waals surface area contributed by atoms with Crippen LogP contribution < -0.4 is 5.73 Å². The van der Waals surface area contributed by atoms with E-state index in [4.69, 9.17) is 5.73 Å². The van der Waals surface area contributed by atoms with Crippen LogP contribution in [0.1, 0.15) is 11.6 Å². The molecule has 1 heterocycles. The first-order valence-corrected chi connectivity index (χ1v) is 4.99. The molecule has 0 fully saturated rings. The fourth-order valence-corrected chi connectivity index (χ4v) is 1.96. The molecule has 0 aliphatic heterocycles. The van der Waals surface area contributed by atoms with Gasteiger partial charge in [0.2, 0.25) is 0 Å². The van der Waals surface area contributed by atoms with Crippen molar-refractivity contribution in [3.8, 4) is 0 Å². The minimum atomic E-state index is -5.40. The molecule has 92 valence electrons. The van der Waals surface area contributed by atoms with E-state index in [-0.39, 0.29) is 5.56 Å². The molecule has 16 heavy (non-hydrogen) atoms. The summed E-state index contributed by atoms with van der Waals surface area (Å²) in [6.07, 6.45) is -10.8. The molecular formula is C8H7F6NS. The van der Waals surface area contributed by atoms with Gasteiger partial charge < -0.3 is 5.73 Å². The number of hydrogen-bond acceptors (Lipinski definition) is 2. The normalized spacial score (nSPS) is 15.5. The molecule has 8 heteroatoms. The Morgan fingerprint density at radius 1 is 1.06 bits per heavy atom. The maximum absolute atomic E-state index is 12.3. The molecule has 1 atom stereocenters. The van der Waals surface area contributed by atoms with Crippen molar-refractivity contribution in [3.05, 3.63) is 22.4 Å². The van der Waals surface area contributed by atoms with Crippen molar-refractivity contribution in [1.82, 2.24) is 0 Å². The first-order valence-electron chi connectivity index (χ1n) is 4.05. The van der Waals surface area contributed by atoms with Gasteiger partial charge in [-0.1, -0.05) is 0 Å². The summed E-state index contributed by atoms with van der Waals surface area (Å²) >= 11 is 0.992. The zero-order chi connectivity index (χ0) is 12.6. The Kier molecular flexibility index (Phi) is 3.53. The summed E-state index contributed by atoms with van der Waals surface area (Å²) in [5.74, 6) is -3.53. The van der Waals surface area contributed by atoms with Gasteiger partial charge in [0.15, 0.2) is 5.92 Å². The standard InChI is InChI=1S/C8H7F6NS/c9-7(10,11)6(8(12,13)14)5(15)4-1-2-16-3-4/h1-3,5-6H,15H2. The molecule has 1 unspecified atom stereocenters. The van der Waals surface area contributed by atoms with Crippen molar-refractivity contribution >= 4 is 11.3 Å². The lowest BCUT2D eigenvalue weighted by atomic mass is 9.94. The predicted octanol–water partition coefficient (Wildman–Crippen LogP) is 3.49. The van der Waals surface area contributed by atoms with Crippen LogP contribution in [0.15, 0.2) is 16.8 Å². The Bertz CT molecular complexity index is 313. The SMILES string of the molecule is NC(c1ccsc1)C(C(F)(F)F)C(F)(F)F. The monoisotopic (exact) mass is 263 g/mol. The van der Waals surface area contributed by atoms with Gasteiger partial charge in [0.1, 0.15) is 0 Å². The fourth-order valence-electron chi connectivity index (χ4n) is 1.25. The zero-order valence-corrected chi connectivity index (χ0v) is 8.46. The molecular weight excluding hydrogens is 256 g/mol. The molecule has 1 aromatic rings. The summed E-state index contributed by atoms with van der Waals surface area (Å²) in [7, 11) is 0. The smallest absolute Gasteiger partial charge is 0.323 e. The molecule has 0 amide bonds. The molecule has 0 bridgehead atoms. The molecule has 1 rings (SSSR count). The maximum atomic E-state index is 12.3. The van der Waals surface area contributed by atoms with E-state index in [9.17, 15) is 26.3 Å². The van der Waals surface area contributed by atoms with Crippen LogP contribution in [0, 0.1) is 5.92 Å². The van der Waals surface area contributed by atoms with Crippen LogP contribution in [-0.2, 0) is 0 Å². The van der Waals surface area contributed by atoms with E-state index in [0.717, 1.165) is 17.4 Å².